The van der Waals surface area contributed by atoms with Gasteiger partial charge in [0.1, 0.15) is 23.0 Å². The van der Waals surface area contributed by atoms with Gasteiger partial charge in [-0.15, -0.1) is 0 Å². The van der Waals surface area contributed by atoms with Crippen molar-refractivity contribution in [3.8, 4) is 23.0 Å². The standard InChI is InChI=1S/C28H24N2O5/c1-33-23-15-9-22(10-16-23)30-28(32)20-7-13-24(14-8-20)34-19-27(31)29-21-11-17-26(18-12-21)35-25-5-3-2-4-6-25/h2-18H,19H2,1H3,(H,29,31)(H,30,32). The van der Waals surface area contributed by atoms with Gasteiger partial charge in [0.25, 0.3) is 11.8 Å². The highest BCUT2D eigenvalue weighted by Crippen LogP contribution is 2.23. The molecule has 0 saturated heterocycles. The number of carbonyl (C=O) groups excluding carboxylic acids is 2. The lowest BCUT2D eigenvalue weighted by Gasteiger charge is -2.10. The molecule has 0 aliphatic rings. The first kappa shape index (κ1) is 23.4. The molecule has 0 unspecified atom stereocenters. The molecule has 7 heteroatoms. The van der Waals surface area contributed by atoms with Gasteiger partial charge in [-0.25, -0.2) is 0 Å². The molecular weight excluding hydrogens is 444 g/mol. The van der Waals surface area contributed by atoms with Gasteiger partial charge in [0.15, 0.2) is 6.61 Å². The van der Waals surface area contributed by atoms with Crippen LogP contribution in [-0.4, -0.2) is 25.5 Å². The van der Waals surface area contributed by atoms with Crippen LogP contribution in [0, 0.1) is 0 Å². The largest absolute Gasteiger partial charge is 0.497 e. The first-order valence-electron chi connectivity index (χ1n) is 10.9. The average Bonchev–Trinajstić information content (AvgIpc) is 2.90. The number of hydrogen-bond acceptors (Lipinski definition) is 5. The van der Waals surface area contributed by atoms with Crippen LogP contribution in [-0.2, 0) is 4.79 Å². The molecule has 2 N–H and O–H groups in total. The normalized spacial score (nSPS) is 10.2. The molecular formula is C28H24N2O5. The van der Waals surface area contributed by atoms with Crippen molar-refractivity contribution in [3.63, 3.8) is 0 Å². The number of anilines is 2. The molecule has 0 bridgehead atoms. The molecule has 4 aromatic carbocycles. The lowest BCUT2D eigenvalue weighted by atomic mass is 10.2. The molecule has 0 atom stereocenters. The van der Waals surface area contributed by atoms with Crippen LogP contribution < -0.4 is 24.8 Å². The number of ether oxygens (including phenoxy) is 3. The van der Waals surface area contributed by atoms with Crippen molar-refractivity contribution in [1.82, 2.24) is 0 Å². The maximum atomic E-state index is 12.4. The molecule has 0 spiro atoms. The van der Waals surface area contributed by atoms with E-state index in [2.05, 4.69) is 10.6 Å². The highest BCUT2D eigenvalue weighted by atomic mass is 16.5. The van der Waals surface area contributed by atoms with E-state index in [0.29, 0.717) is 34.2 Å². The van der Waals surface area contributed by atoms with Crippen molar-refractivity contribution < 1.29 is 23.8 Å². The Kier molecular flexibility index (Phi) is 7.60. The van der Waals surface area contributed by atoms with Gasteiger partial charge < -0.3 is 24.8 Å². The van der Waals surface area contributed by atoms with Crippen molar-refractivity contribution in [2.24, 2.45) is 0 Å². The number of nitrogens with one attached hydrogen (secondary N) is 2. The van der Waals surface area contributed by atoms with E-state index in [1.165, 1.54) is 0 Å². The summed E-state index contributed by atoms with van der Waals surface area (Å²) in [7, 11) is 1.58. The highest BCUT2D eigenvalue weighted by molar-refractivity contribution is 6.04. The first-order valence-corrected chi connectivity index (χ1v) is 10.9. The molecule has 0 saturated carbocycles. The Balaban J connectivity index is 1.24. The zero-order valence-electron chi connectivity index (χ0n) is 19.1. The van der Waals surface area contributed by atoms with Gasteiger partial charge >= 0.3 is 0 Å². The Morgan fingerprint density at radius 1 is 0.629 bits per heavy atom. The summed E-state index contributed by atoms with van der Waals surface area (Å²) in [5, 5.41) is 5.59. The minimum Gasteiger partial charge on any atom is -0.497 e. The minimum atomic E-state index is -0.303. The quantitative estimate of drug-likeness (QED) is 0.326. The fraction of sp³-hybridized carbons (Fsp3) is 0.0714. The van der Waals surface area contributed by atoms with Crippen molar-refractivity contribution in [2.45, 2.75) is 0 Å². The summed E-state index contributed by atoms with van der Waals surface area (Å²) in [6, 6.07) is 30.1. The second kappa shape index (κ2) is 11.4. The number of rotatable bonds is 9. The van der Waals surface area contributed by atoms with Crippen molar-refractivity contribution in [1.29, 1.82) is 0 Å². The number of benzene rings is 4. The fourth-order valence-electron chi connectivity index (χ4n) is 3.16. The van der Waals surface area contributed by atoms with Crippen molar-refractivity contribution >= 4 is 23.2 Å². The molecule has 0 aliphatic heterocycles. The summed E-state index contributed by atoms with van der Waals surface area (Å²) in [4.78, 5) is 24.7. The molecule has 0 fully saturated rings. The highest BCUT2D eigenvalue weighted by Gasteiger charge is 2.08. The van der Waals surface area contributed by atoms with Gasteiger partial charge in [-0.2, -0.15) is 0 Å². The number of hydrogen-bond donors (Lipinski definition) is 2. The molecule has 176 valence electrons. The maximum Gasteiger partial charge on any atom is 0.262 e. The Morgan fingerprint density at radius 3 is 1.80 bits per heavy atom. The molecule has 0 aromatic heterocycles. The van der Waals surface area contributed by atoms with Crippen LogP contribution >= 0.6 is 0 Å². The molecule has 0 radical (unpaired) electrons. The lowest BCUT2D eigenvalue weighted by molar-refractivity contribution is -0.118. The summed E-state index contributed by atoms with van der Waals surface area (Å²) in [6.45, 7) is -0.167. The monoisotopic (exact) mass is 468 g/mol. The molecule has 0 heterocycles. The maximum absolute atomic E-state index is 12.4. The van der Waals surface area contributed by atoms with Crippen LogP contribution in [0.15, 0.2) is 103 Å². The van der Waals surface area contributed by atoms with E-state index in [0.717, 1.165) is 5.75 Å². The van der Waals surface area contributed by atoms with E-state index >= 15 is 0 Å². The third-order valence-corrected chi connectivity index (χ3v) is 4.95. The van der Waals surface area contributed by atoms with Gasteiger partial charge in [-0.3, -0.25) is 9.59 Å². The predicted molar refractivity (Wildman–Crippen MR) is 134 cm³/mol. The van der Waals surface area contributed by atoms with Crippen molar-refractivity contribution in [3.05, 3.63) is 109 Å². The second-order valence-corrected chi connectivity index (χ2v) is 7.48. The Morgan fingerprint density at radius 2 is 1.17 bits per heavy atom. The van der Waals surface area contributed by atoms with E-state index in [9.17, 15) is 9.59 Å². The molecule has 4 aromatic rings. The lowest BCUT2D eigenvalue weighted by Crippen LogP contribution is -2.20. The number of amides is 2. The Hall–Kier alpha value is -4.78. The Bertz CT molecular complexity index is 1260. The molecule has 4 rings (SSSR count). The predicted octanol–water partition coefficient (Wildman–Crippen LogP) is 5.76. The zero-order chi connectivity index (χ0) is 24.5. The zero-order valence-corrected chi connectivity index (χ0v) is 19.1. The van der Waals surface area contributed by atoms with E-state index < -0.39 is 0 Å². The molecule has 2 amide bonds. The van der Waals surface area contributed by atoms with Crippen LogP contribution in [0.2, 0.25) is 0 Å². The van der Waals surface area contributed by atoms with E-state index in [4.69, 9.17) is 14.2 Å². The van der Waals surface area contributed by atoms with Gasteiger partial charge in [0.05, 0.1) is 7.11 Å². The molecule has 7 nitrogen and oxygen atoms in total. The summed E-state index contributed by atoms with van der Waals surface area (Å²) >= 11 is 0. The van der Waals surface area contributed by atoms with Crippen LogP contribution in [0.4, 0.5) is 11.4 Å². The van der Waals surface area contributed by atoms with E-state index in [-0.39, 0.29) is 18.4 Å². The fourth-order valence-corrected chi connectivity index (χ4v) is 3.16. The molecule has 35 heavy (non-hydrogen) atoms. The van der Waals surface area contributed by atoms with Crippen LogP contribution in [0.5, 0.6) is 23.0 Å². The second-order valence-electron chi connectivity index (χ2n) is 7.48. The van der Waals surface area contributed by atoms with Crippen LogP contribution in [0.1, 0.15) is 10.4 Å². The summed E-state index contributed by atoms with van der Waals surface area (Å²) < 4.78 is 16.4. The van der Waals surface area contributed by atoms with Gasteiger partial charge in [-0.05, 0) is 84.9 Å². The van der Waals surface area contributed by atoms with Gasteiger partial charge in [0.2, 0.25) is 0 Å². The summed E-state index contributed by atoms with van der Waals surface area (Å²) in [5.74, 6) is 2.04. The third-order valence-electron chi connectivity index (χ3n) is 4.95. The average molecular weight is 469 g/mol. The minimum absolute atomic E-state index is 0.167. The van der Waals surface area contributed by atoms with Gasteiger partial charge in [0, 0.05) is 16.9 Å². The number of methoxy groups -OCH3 is 1. The summed E-state index contributed by atoms with van der Waals surface area (Å²) in [5.41, 5.74) is 1.76. The third kappa shape index (κ3) is 6.85. The summed E-state index contributed by atoms with van der Waals surface area (Å²) in [6.07, 6.45) is 0. The van der Waals surface area contributed by atoms with Crippen LogP contribution in [0.3, 0.4) is 0 Å². The smallest absolute Gasteiger partial charge is 0.262 e. The van der Waals surface area contributed by atoms with E-state index in [1.54, 1.807) is 79.9 Å². The molecule has 0 aliphatic carbocycles. The Labute approximate surface area is 203 Å². The van der Waals surface area contributed by atoms with E-state index in [1.807, 2.05) is 30.3 Å². The number of carbonyl (C=O) groups is 2. The SMILES string of the molecule is COc1ccc(NC(=O)c2ccc(OCC(=O)Nc3ccc(Oc4ccccc4)cc3)cc2)cc1. The topological polar surface area (TPSA) is 85.9 Å². The van der Waals surface area contributed by atoms with Crippen molar-refractivity contribution in [2.75, 3.05) is 24.4 Å². The first-order chi connectivity index (χ1) is 17.1. The van der Waals surface area contributed by atoms with Gasteiger partial charge in [-0.1, -0.05) is 18.2 Å². The van der Waals surface area contributed by atoms with Crippen LogP contribution in [0.25, 0.3) is 0 Å². The number of para-hydroxylation sites is 1.